The van der Waals surface area contributed by atoms with Crippen molar-refractivity contribution in [3.05, 3.63) is 0 Å². The Labute approximate surface area is 124 Å². The summed E-state index contributed by atoms with van der Waals surface area (Å²) in [5.41, 5.74) is 5.60. The lowest BCUT2D eigenvalue weighted by molar-refractivity contribution is -0.123. The van der Waals surface area contributed by atoms with Gasteiger partial charge in [-0.25, -0.2) is 0 Å². The third-order valence-corrected chi connectivity index (χ3v) is 4.22. The molecule has 4 nitrogen and oxygen atoms in total. The average molecular weight is 283 g/mol. The molecule has 1 saturated heterocycles. The number of amides is 1. The van der Waals surface area contributed by atoms with Crippen LogP contribution >= 0.6 is 0 Å². The van der Waals surface area contributed by atoms with Crippen molar-refractivity contribution in [2.45, 2.75) is 70.8 Å². The summed E-state index contributed by atoms with van der Waals surface area (Å²) >= 11 is 0. The van der Waals surface area contributed by atoms with Crippen molar-refractivity contribution in [2.24, 2.45) is 5.73 Å². The first-order valence-electron chi connectivity index (χ1n) is 8.49. The van der Waals surface area contributed by atoms with Crippen molar-refractivity contribution in [3.63, 3.8) is 0 Å². The van der Waals surface area contributed by atoms with Crippen LogP contribution in [0.25, 0.3) is 0 Å². The van der Waals surface area contributed by atoms with E-state index in [1.165, 1.54) is 38.5 Å². The van der Waals surface area contributed by atoms with E-state index in [2.05, 4.69) is 17.1 Å². The number of rotatable bonds is 10. The molecule has 1 heterocycles. The van der Waals surface area contributed by atoms with Crippen LogP contribution in [0.5, 0.6) is 0 Å². The molecule has 0 saturated carbocycles. The second-order valence-electron chi connectivity index (χ2n) is 5.97. The van der Waals surface area contributed by atoms with Crippen molar-refractivity contribution in [3.8, 4) is 0 Å². The van der Waals surface area contributed by atoms with E-state index in [4.69, 9.17) is 5.73 Å². The monoisotopic (exact) mass is 283 g/mol. The average Bonchev–Trinajstić information content (AvgIpc) is 2.70. The highest BCUT2D eigenvalue weighted by molar-refractivity contribution is 5.79. The van der Waals surface area contributed by atoms with Gasteiger partial charge in [0.1, 0.15) is 0 Å². The van der Waals surface area contributed by atoms with Crippen molar-refractivity contribution >= 4 is 5.91 Å². The van der Waals surface area contributed by atoms with E-state index in [0.29, 0.717) is 0 Å². The summed E-state index contributed by atoms with van der Waals surface area (Å²) in [6.07, 6.45) is 11.0. The molecule has 0 aromatic rings. The molecule has 1 atom stereocenters. The molecule has 1 amide bonds. The van der Waals surface area contributed by atoms with E-state index in [1.807, 2.05) is 0 Å². The molecular weight excluding hydrogens is 250 g/mol. The fraction of sp³-hybridized carbons (Fsp3) is 0.938. The van der Waals surface area contributed by atoms with Gasteiger partial charge in [-0.3, -0.25) is 9.69 Å². The zero-order chi connectivity index (χ0) is 14.6. The molecule has 118 valence electrons. The van der Waals surface area contributed by atoms with Gasteiger partial charge in [0.15, 0.2) is 0 Å². The Balaban J connectivity index is 2.19. The predicted molar refractivity (Wildman–Crippen MR) is 84.7 cm³/mol. The Kier molecular flexibility index (Phi) is 9.67. The Hall–Kier alpha value is -0.610. The summed E-state index contributed by atoms with van der Waals surface area (Å²) in [7, 11) is 0. The van der Waals surface area contributed by atoms with Gasteiger partial charge in [-0.2, -0.15) is 0 Å². The molecule has 3 N–H and O–H groups in total. The van der Waals surface area contributed by atoms with Crippen molar-refractivity contribution in [2.75, 3.05) is 26.2 Å². The molecule has 0 spiro atoms. The second kappa shape index (κ2) is 11.1. The van der Waals surface area contributed by atoms with Crippen LogP contribution in [0, 0.1) is 0 Å². The topological polar surface area (TPSA) is 58.4 Å². The van der Waals surface area contributed by atoms with Gasteiger partial charge in [0.05, 0.1) is 6.04 Å². The standard InChI is InChI=1S/C16H33N3O/c1-2-3-4-5-6-7-8-10-15(16(17)20)19-13-9-11-18-12-14-19/h15,18H,2-14H2,1H3,(H2,17,20). The van der Waals surface area contributed by atoms with Crippen LogP contribution in [-0.4, -0.2) is 43.0 Å². The summed E-state index contributed by atoms with van der Waals surface area (Å²) in [5, 5.41) is 3.37. The van der Waals surface area contributed by atoms with Crippen molar-refractivity contribution < 1.29 is 4.79 Å². The Bertz CT molecular complexity index is 250. The molecule has 1 unspecified atom stereocenters. The third kappa shape index (κ3) is 7.25. The summed E-state index contributed by atoms with van der Waals surface area (Å²) < 4.78 is 0. The van der Waals surface area contributed by atoms with Gasteiger partial charge >= 0.3 is 0 Å². The van der Waals surface area contributed by atoms with Crippen LogP contribution < -0.4 is 11.1 Å². The van der Waals surface area contributed by atoms with Gasteiger partial charge in [-0.1, -0.05) is 51.9 Å². The van der Waals surface area contributed by atoms with Crippen LogP contribution in [0.2, 0.25) is 0 Å². The maximum Gasteiger partial charge on any atom is 0.234 e. The molecule has 0 bridgehead atoms. The van der Waals surface area contributed by atoms with E-state index in [0.717, 1.165) is 45.4 Å². The summed E-state index contributed by atoms with van der Waals surface area (Å²) in [5.74, 6) is -0.141. The minimum Gasteiger partial charge on any atom is -0.368 e. The first-order chi connectivity index (χ1) is 9.75. The normalized spacial score (nSPS) is 18.6. The number of carbonyl (C=O) groups is 1. The van der Waals surface area contributed by atoms with Crippen LogP contribution in [-0.2, 0) is 4.79 Å². The number of hydrogen-bond donors (Lipinski definition) is 2. The molecule has 1 aliphatic rings. The third-order valence-electron chi connectivity index (χ3n) is 4.22. The zero-order valence-corrected chi connectivity index (χ0v) is 13.2. The number of carbonyl (C=O) groups excluding carboxylic acids is 1. The van der Waals surface area contributed by atoms with Gasteiger partial charge in [-0.05, 0) is 19.4 Å². The largest absolute Gasteiger partial charge is 0.368 e. The number of nitrogens with zero attached hydrogens (tertiary/aromatic N) is 1. The lowest BCUT2D eigenvalue weighted by atomic mass is 10.0. The molecule has 1 fully saturated rings. The van der Waals surface area contributed by atoms with Gasteiger partial charge in [0.25, 0.3) is 0 Å². The highest BCUT2D eigenvalue weighted by Gasteiger charge is 2.23. The quantitative estimate of drug-likeness (QED) is 0.605. The van der Waals surface area contributed by atoms with Crippen molar-refractivity contribution in [1.29, 1.82) is 0 Å². The molecule has 0 aromatic carbocycles. The van der Waals surface area contributed by atoms with Crippen molar-refractivity contribution in [1.82, 2.24) is 10.2 Å². The highest BCUT2D eigenvalue weighted by atomic mass is 16.1. The van der Waals surface area contributed by atoms with E-state index in [9.17, 15) is 4.79 Å². The summed E-state index contributed by atoms with van der Waals surface area (Å²) in [6, 6.07) is -0.0504. The van der Waals surface area contributed by atoms with Crippen LogP contribution in [0.3, 0.4) is 0 Å². The highest BCUT2D eigenvalue weighted by Crippen LogP contribution is 2.13. The molecule has 0 aromatic heterocycles. The van der Waals surface area contributed by atoms with Crippen LogP contribution in [0.4, 0.5) is 0 Å². The van der Waals surface area contributed by atoms with Crippen LogP contribution in [0.15, 0.2) is 0 Å². The zero-order valence-electron chi connectivity index (χ0n) is 13.2. The van der Waals surface area contributed by atoms with E-state index in [1.54, 1.807) is 0 Å². The molecule has 4 heteroatoms. The molecule has 0 radical (unpaired) electrons. The molecule has 1 aliphatic heterocycles. The van der Waals surface area contributed by atoms with E-state index in [-0.39, 0.29) is 11.9 Å². The molecule has 20 heavy (non-hydrogen) atoms. The lowest BCUT2D eigenvalue weighted by Gasteiger charge is -2.27. The van der Waals surface area contributed by atoms with Gasteiger partial charge in [-0.15, -0.1) is 0 Å². The first-order valence-corrected chi connectivity index (χ1v) is 8.49. The number of primary amides is 1. The Morgan fingerprint density at radius 2 is 1.80 bits per heavy atom. The predicted octanol–water partition coefficient (Wildman–Crippen LogP) is 2.28. The SMILES string of the molecule is CCCCCCCCCC(C(N)=O)N1CCCNCC1. The van der Waals surface area contributed by atoms with Gasteiger partial charge < -0.3 is 11.1 Å². The minimum atomic E-state index is -0.141. The molecular formula is C16H33N3O. The maximum absolute atomic E-state index is 11.7. The lowest BCUT2D eigenvalue weighted by Crippen LogP contribution is -2.46. The van der Waals surface area contributed by atoms with E-state index >= 15 is 0 Å². The number of nitrogens with one attached hydrogen (secondary N) is 1. The number of hydrogen-bond acceptors (Lipinski definition) is 3. The van der Waals surface area contributed by atoms with E-state index < -0.39 is 0 Å². The minimum absolute atomic E-state index is 0.0504. The van der Waals surface area contributed by atoms with Gasteiger partial charge in [0.2, 0.25) is 5.91 Å². The van der Waals surface area contributed by atoms with Crippen LogP contribution in [0.1, 0.15) is 64.7 Å². The van der Waals surface area contributed by atoms with Gasteiger partial charge in [0, 0.05) is 19.6 Å². The first kappa shape index (κ1) is 17.4. The number of unbranched alkanes of at least 4 members (excludes halogenated alkanes) is 6. The fourth-order valence-corrected chi connectivity index (χ4v) is 2.98. The smallest absolute Gasteiger partial charge is 0.234 e. The fourth-order valence-electron chi connectivity index (χ4n) is 2.98. The molecule has 1 rings (SSSR count). The maximum atomic E-state index is 11.7. The molecule has 0 aliphatic carbocycles. The summed E-state index contributed by atoms with van der Waals surface area (Å²) in [6.45, 7) is 6.22. The second-order valence-corrected chi connectivity index (χ2v) is 5.97. The Morgan fingerprint density at radius 3 is 2.50 bits per heavy atom. The Morgan fingerprint density at radius 1 is 1.10 bits per heavy atom. The number of nitrogens with two attached hydrogens (primary N) is 1. The summed E-state index contributed by atoms with van der Waals surface area (Å²) in [4.78, 5) is 14.0.